The Morgan fingerprint density at radius 1 is 1.42 bits per heavy atom. The summed E-state index contributed by atoms with van der Waals surface area (Å²) in [5.74, 6) is 0.551. The standard InChI is InChI=1S/C18H23N3O2S/c1-12(22)17-7-13(11-24-17)9-20-5-2-6-21-15(10-20)8-16(19-21)18(23)14-3-4-14/h7-8,11,14,18,23H,2-6,9-10H2,1H3/t18-/m0/s1. The number of thiophene rings is 1. The zero-order chi connectivity index (χ0) is 16.7. The van der Waals surface area contributed by atoms with Gasteiger partial charge in [0.2, 0.25) is 0 Å². The highest BCUT2D eigenvalue weighted by Gasteiger charge is 2.33. The van der Waals surface area contributed by atoms with Crippen LogP contribution in [0.15, 0.2) is 17.5 Å². The van der Waals surface area contributed by atoms with Gasteiger partial charge < -0.3 is 5.11 Å². The van der Waals surface area contributed by atoms with Crippen molar-refractivity contribution in [3.63, 3.8) is 0 Å². The number of aliphatic hydroxyl groups is 1. The monoisotopic (exact) mass is 345 g/mol. The molecule has 0 bridgehead atoms. The van der Waals surface area contributed by atoms with E-state index in [4.69, 9.17) is 0 Å². The Bertz CT molecular complexity index is 747. The van der Waals surface area contributed by atoms with Crippen LogP contribution in [0.3, 0.4) is 0 Å². The maximum atomic E-state index is 11.5. The fourth-order valence-electron chi connectivity index (χ4n) is 3.39. The van der Waals surface area contributed by atoms with E-state index in [0.717, 1.165) is 56.0 Å². The average molecular weight is 345 g/mol. The SMILES string of the molecule is CC(=O)c1cc(CN2CCCn3nc([C@@H](O)C4CC4)cc3C2)cs1. The summed E-state index contributed by atoms with van der Waals surface area (Å²) in [5.41, 5.74) is 3.23. The Morgan fingerprint density at radius 2 is 2.25 bits per heavy atom. The number of aromatic nitrogens is 2. The smallest absolute Gasteiger partial charge is 0.169 e. The predicted octanol–water partition coefficient (Wildman–Crippen LogP) is 3.00. The maximum Gasteiger partial charge on any atom is 0.169 e. The van der Waals surface area contributed by atoms with E-state index in [9.17, 15) is 9.90 Å². The van der Waals surface area contributed by atoms with Crippen molar-refractivity contribution in [3.8, 4) is 0 Å². The first-order valence-electron chi connectivity index (χ1n) is 8.65. The number of nitrogens with zero attached hydrogens (tertiary/aromatic N) is 3. The van der Waals surface area contributed by atoms with Gasteiger partial charge in [0.1, 0.15) is 6.10 Å². The van der Waals surface area contributed by atoms with Crippen molar-refractivity contribution in [3.05, 3.63) is 39.3 Å². The summed E-state index contributed by atoms with van der Waals surface area (Å²) in [5, 5.41) is 17.0. The van der Waals surface area contributed by atoms with Crippen molar-refractivity contribution in [2.45, 2.75) is 51.9 Å². The van der Waals surface area contributed by atoms with Gasteiger partial charge in [0, 0.05) is 26.2 Å². The average Bonchev–Trinajstić information content (AvgIpc) is 3.22. The van der Waals surface area contributed by atoms with Crippen molar-refractivity contribution in [1.29, 1.82) is 0 Å². The summed E-state index contributed by atoms with van der Waals surface area (Å²) in [7, 11) is 0. The van der Waals surface area contributed by atoms with Crippen molar-refractivity contribution in [2.24, 2.45) is 5.92 Å². The minimum Gasteiger partial charge on any atom is -0.386 e. The fourth-order valence-corrected chi connectivity index (χ4v) is 4.19. The molecule has 24 heavy (non-hydrogen) atoms. The van der Waals surface area contributed by atoms with Gasteiger partial charge in [-0.25, -0.2) is 0 Å². The van der Waals surface area contributed by atoms with Gasteiger partial charge >= 0.3 is 0 Å². The molecule has 1 fully saturated rings. The maximum absolute atomic E-state index is 11.5. The van der Waals surface area contributed by atoms with Gasteiger partial charge in [-0.1, -0.05) is 0 Å². The minimum atomic E-state index is -0.395. The fraction of sp³-hybridized carbons (Fsp3) is 0.556. The molecule has 4 rings (SSSR count). The molecule has 1 aliphatic carbocycles. The lowest BCUT2D eigenvalue weighted by Gasteiger charge is -2.18. The van der Waals surface area contributed by atoms with E-state index in [0.29, 0.717) is 5.92 Å². The third-order valence-electron chi connectivity index (χ3n) is 4.89. The van der Waals surface area contributed by atoms with E-state index >= 15 is 0 Å². The number of hydrogen-bond acceptors (Lipinski definition) is 5. The van der Waals surface area contributed by atoms with Crippen LogP contribution >= 0.6 is 11.3 Å². The number of carbonyl (C=O) groups is 1. The second-order valence-corrected chi connectivity index (χ2v) is 7.92. The highest BCUT2D eigenvalue weighted by atomic mass is 32.1. The van der Waals surface area contributed by atoms with Crippen LogP contribution in [-0.4, -0.2) is 32.1 Å². The van der Waals surface area contributed by atoms with Crippen molar-refractivity contribution < 1.29 is 9.90 Å². The summed E-state index contributed by atoms with van der Waals surface area (Å²) < 4.78 is 2.07. The number of fused-ring (bicyclic) bond motifs is 1. The number of rotatable bonds is 5. The van der Waals surface area contributed by atoms with E-state index in [-0.39, 0.29) is 5.78 Å². The Balaban J connectivity index is 1.47. The van der Waals surface area contributed by atoms with E-state index in [1.54, 1.807) is 6.92 Å². The van der Waals surface area contributed by atoms with Crippen LogP contribution in [0.1, 0.15) is 58.9 Å². The molecule has 0 spiro atoms. The van der Waals surface area contributed by atoms with Crippen LogP contribution < -0.4 is 0 Å². The van der Waals surface area contributed by atoms with Crippen LogP contribution in [0.5, 0.6) is 0 Å². The second-order valence-electron chi connectivity index (χ2n) is 7.01. The van der Waals surface area contributed by atoms with Gasteiger partial charge in [-0.3, -0.25) is 14.4 Å². The lowest BCUT2D eigenvalue weighted by Crippen LogP contribution is -2.22. The molecule has 2 aromatic heterocycles. The minimum absolute atomic E-state index is 0.138. The molecular weight excluding hydrogens is 322 g/mol. The largest absolute Gasteiger partial charge is 0.386 e. The van der Waals surface area contributed by atoms with E-state index in [1.165, 1.54) is 22.6 Å². The Labute approximate surface area is 145 Å². The number of aryl methyl sites for hydroxylation is 1. The Kier molecular flexibility index (Phi) is 4.28. The highest BCUT2D eigenvalue weighted by Crippen LogP contribution is 2.40. The summed E-state index contributed by atoms with van der Waals surface area (Å²) in [6, 6.07) is 4.09. The van der Waals surface area contributed by atoms with Crippen molar-refractivity contribution in [1.82, 2.24) is 14.7 Å². The van der Waals surface area contributed by atoms with Gasteiger partial charge in [-0.2, -0.15) is 5.10 Å². The first-order valence-corrected chi connectivity index (χ1v) is 9.53. The zero-order valence-corrected chi connectivity index (χ0v) is 14.8. The highest BCUT2D eigenvalue weighted by molar-refractivity contribution is 7.12. The first kappa shape index (κ1) is 16.0. The molecule has 128 valence electrons. The number of Topliss-reactive ketones (excluding diaryl/α,β-unsaturated/α-hetero) is 1. The molecule has 5 nitrogen and oxygen atoms in total. The van der Waals surface area contributed by atoms with Crippen LogP contribution in [0, 0.1) is 5.92 Å². The lowest BCUT2D eigenvalue weighted by molar-refractivity contribution is 0.102. The summed E-state index contributed by atoms with van der Waals surface area (Å²) >= 11 is 1.53. The molecule has 1 aliphatic heterocycles. The Morgan fingerprint density at radius 3 is 2.96 bits per heavy atom. The summed E-state index contributed by atoms with van der Waals surface area (Å²) in [4.78, 5) is 14.7. The van der Waals surface area contributed by atoms with Gasteiger partial charge in [-0.15, -0.1) is 11.3 Å². The number of aliphatic hydroxyl groups excluding tert-OH is 1. The van der Waals surface area contributed by atoms with Crippen LogP contribution in [0.4, 0.5) is 0 Å². The topological polar surface area (TPSA) is 58.4 Å². The van der Waals surface area contributed by atoms with Crippen LogP contribution in [0.2, 0.25) is 0 Å². The van der Waals surface area contributed by atoms with Gasteiger partial charge in [-0.05, 0) is 55.2 Å². The molecule has 0 amide bonds. The zero-order valence-electron chi connectivity index (χ0n) is 13.9. The number of hydrogen-bond donors (Lipinski definition) is 1. The summed E-state index contributed by atoms with van der Waals surface area (Å²) in [6.45, 7) is 5.25. The molecule has 0 saturated heterocycles. The van der Waals surface area contributed by atoms with Gasteiger partial charge in [0.25, 0.3) is 0 Å². The van der Waals surface area contributed by atoms with Crippen LogP contribution in [-0.2, 0) is 19.6 Å². The lowest BCUT2D eigenvalue weighted by atomic mass is 10.1. The van der Waals surface area contributed by atoms with E-state index in [2.05, 4.69) is 26.1 Å². The van der Waals surface area contributed by atoms with Gasteiger partial charge in [0.15, 0.2) is 5.78 Å². The number of carbonyl (C=O) groups excluding carboxylic acids is 1. The molecule has 0 unspecified atom stereocenters. The second kappa shape index (κ2) is 6.43. The van der Waals surface area contributed by atoms with Crippen molar-refractivity contribution in [2.75, 3.05) is 6.54 Å². The molecule has 0 aromatic carbocycles. The van der Waals surface area contributed by atoms with Crippen LogP contribution in [0.25, 0.3) is 0 Å². The molecule has 6 heteroatoms. The number of ketones is 1. The molecular formula is C18H23N3O2S. The first-order chi connectivity index (χ1) is 11.6. The quantitative estimate of drug-likeness (QED) is 0.847. The van der Waals surface area contributed by atoms with Crippen molar-refractivity contribution >= 4 is 17.1 Å². The molecule has 0 radical (unpaired) electrons. The molecule has 2 aliphatic rings. The summed E-state index contributed by atoms with van der Waals surface area (Å²) in [6.07, 6.45) is 2.89. The Hall–Kier alpha value is -1.50. The van der Waals surface area contributed by atoms with E-state index < -0.39 is 6.10 Å². The molecule has 1 atom stereocenters. The molecule has 1 N–H and O–H groups in total. The third kappa shape index (κ3) is 3.31. The normalized spacial score (nSPS) is 19.8. The predicted molar refractivity (Wildman–Crippen MR) is 93.0 cm³/mol. The molecule has 1 saturated carbocycles. The van der Waals surface area contributed by atoms with E-state index in [1.807, 2.05) is 6.07 Å². The third-order valence-corrected chi connectivity index (χ3v) is 5.97. The molecule has 2 aromatic rings. The van der Waals surface area contributed by atoms with Gasteiger partial charge in [0.05, 0.1) is 16.3 Å². The molecule has 3 heterocycles.